The van der Waals surface area contributed by atoms with Gasteiger partial charge >= 0.3 is 0 Å². The minimum atomic E-state index is -0.594. The molecule has 0 bridgehead atoms. The Hall–Kier alpha value is -4.59. The third kappa shape index (κ3) is 3.47. The third-order valence-corrected chi connectivity index (χ3v) is 5.51. The van der Waals surface area contributed by atoms with Crippen molar-refractivity contribution in [2.75, 3.05) is 16.8 Å². The van der Waals surface area contributed by atoms with Gasteiger partial charge in [-0.05, 0) is 37.3 Å². The fraction of sp³-hybridized carbons (Fsp3) is 0.0800. The van der Waals surface area contributed by atoms with Gasteiger partial charge in [0.2, 0.25) is 5.91 Å². The molecule has 2 aliphatic rings. The van der Waals surface area contributed by atoms with E-state index in [2.05, 4.69) is 10.4 Å². The smallest absolute Gasteiger partial charge is 0.282 e. The Morgan fingerprint density at radius 1 is 0.788 bits per heavy atom. The minimum absolute atomic E-state index is 0.0664. The van der Waals surface area contributed by atoms with Crippen molar-refractivity contribution in [1.82, 2.24) is 5.01 Å². The Balaban J connectivity index is 1.43. The standard InChI is InChI=1S/C25H18N4O4/c1-15-10-12-16(13-11-15)26-21(30)14-28-20-9-5-4-8-19(20)22(25(28)33)27-29-23(31)17-6-2-3-7-18(17)24(29)32/h2-13H,14H2,1H3,(H,26,30)/b27-22-. The highest BCUT2D eigenvalue weighted by molar-refractivity contribution is 6.55. The Morgan fingerprint density at radius 3 is 2.00 bits per heavy atom. The number of nitrogens with zero attached hydrogens (tertiary/aromatic N) is 3. The van der Waals surface area contributed by atoms with E-state index >= 15 is 0 Å². The lowest BCUT2D eigenvalue weighted by Gasteiger charge is -2.16. The molecule has 3 aromatic carbocycles. The van der Waals surface area contributed by atoms with E-state index < -0.39 is 17.7 Å². The summed E-state index contributed by atoms with van der Waals surface area (Å²) in [6, 6.07) is 20.5. The topological polar surface area (TPSA) is 99.2 Å². The van der Waals surface area contributed by atoms with Gasteiger partial charge in [-0.2, -0.15) is 10.1 Å². The number of aryl methyl sites for hydroxylation is 1. The van der Waals surface area contributed by atoms with E-state index in [1.165, 1.54) is 4.90 Å². The molecule has 8 heteroatoms. The predicted octanol–water partition coefficient (Wildman–Crippen LogP) is 2.98. The summed E-state index contributed by atoms with van der Waals surface area (Å²) in [4.78, 5) is 52.6. The lowest BCUT2D eigenvalue weighted by atomic mass is 10.1. The number of hydrazone groups is 1. The summed E-state index contributed by atoms with van der Waals surface area (Å²) in [6.45, 7) is 1.70. The summed E-state index contributed by atoms with van der Waals surface area (Å²) in [5.74, 6) is -2.14. The van der Waals surface area contributed by atoms with E-state index in [0.29, 0.717) is 21.9 Å². The summed E-state index contributed by atoms with van der Waals surface area (Å²) >= 11 is 0. The van der Waals surface area contributed by atoms with Gasteiger partial charge in [-0.3, -0.25) is 24.1 Å². The van der Waals surface area contributed by atoms with Crippen molar-refractivity contribution < 1.29 is 19.2 Å². The molecule has 1 N–H and O–H groups in total. The van der Waals surface area contributed by atoms with Crippen molar-refractivity contribution >= 4 is 40.7 Å². The maximum atomic E-state index is 13.2. The van der Waals surface area contributed by atoms with Crippen LogP contribution >= 0.6 is 0 Å². The van der Waals surface area contributed by atoms with Gasteiger partial charge in [0.25, 0.3) is 17.7 Å². The lowest BCUT2D eigenvalue weighted by Crippen LogP contribution is -2.38. The molecule has 8 nitrogen and oxygen atoms in total. The van der Waals surface area contributed by atoms with Gasteiger partial charge < -0.3 is 5.32 Å². The summed E-state index contributed by atoms with van der Waals surface area (Å²) in [6.07, 6.45) is 0. The highest BCUT2D eigenvalue weighted by Crippen LogP contribution is 2.31. The molecule has 3 aromatic rings. The molecule has 0 spiro atoms. The average molecular weight is 438 g/mol. The average Bonchev–Trinajstić information content (AvgIpc) is 3.22. The highest BCUT2D eigenvalue weighted by atomic mass is 16.2. The van der Waals surface area contributed by atoms with Gasteiger partial charge in [-0.15, -0.1) is 0 Å². The zero-order valence-electron chi connectivity index (χ0n) is 17.6. The molecule has 2 aliphatic heterocycles. The molecule has 2 heterocycles. The Labute approximate surface area is 189 Å². The maximum absolute atomic E-state index is 13.2. The van der Waals surface area contributed by atoms with Crippen LogP contribution in [0.2, 0.25) is 0 Å². The second-order valence-corrected chi connectivity index (χ2v) is 7.74. The zero-order valence-corrected chi connectivity index (χ0v) is 17.6. The van der Waals surface area contributed by atoms with Crippen molar-refractivity contribution in [1.29, 1.82) is 0 Å². The van der Waals surface area contributed by atoms with Crippen LogP contribution in [0, 0.1) is 6.92 Å². The molecule has 0 saturated heterocycles. The molecule has 0 radical (unpaired) electrons. The molecule has 0 saturated carbocycles. The first kappa shape index (κ1) is 20.3. The first-order chi connectivity index (χ1) is 15.9. The number of fused-ring (bicyclic) bond motifs is 2. The van der Waals surface area contributed by atoms with Crippen molar-refractivity contribution in [3.63, 3.8) is 0 Å². The molecule has 0 fully saturated rings. The summed E-state index contributed by atoms with van der Waals surface area (Å²) in [5.41, 5.74) is 3.01. The highest BCUT2D eigenvalue weighted by Gasteiger charge is 2.40. The first-order valence-electron chi connectivity index (χ1n) is 10.3. The second-order valence-electron chi connectivity index (χ2n) is 7.74. The Kier molecular flexibility index (Phi) is 4.82. The van der Waals surface area contributed by atoms with Gasteiger partial charge in [-0.1, -0.05) is 48.0 Å². The molecule has 162 valence electrons. The maximum Gasteiger partial charge on any atom is 0.282 e. The largest absolute Gasteiger partial charge is 0.325 e. The molecule has 0 aliphatic carbocycles. The van der Waals surface area contributed by atoms with Crippen LogP contribution in [-0.2, 0) is 9.59 Å². The van der Waals surface area contributed by atoms with E-state index in [1.54, 1.807) is 60.7 Å². The summed E-state index contributed by atoms with van der Waals surface area (Å²) in [7, 11) is 0. The Morgan fingerprint density at radius 2 is 1.36 bits per heavy atom. The van der Waals surface area contributed by atoms with Crippen LogP contribution < -0.4 is 10.2 Å². The van der Waals surface area contributed by atoms with Gasteiger partial charge in [0.05, 0.1) is 16.8 Å². The van der Waals surface area contributed by atoms with E-state index in [1.807, 2.05) is 19.1 Å². The molecule has 0 aromatic heterocycles. The number of hydrogen-bond donors (Lipinski definition) is 1. The van der Waals surface area contributed by atoms with Crippen molar-refractivity contribution in [3.05, 3.63) is 95.1 Å². The number of carbonyl (C=O) groups excluding carboxylic acids is 4. The summed E-state index contributed by atoms with van der Waals surface area (Å²) < 4.78 is 0. The second kappa shape index (κ2) is 7.83. The van der Waals surface area contributed by atoms with Crippen LogP contribution in [-0.4, -0.2) is 40.9 Å². The van der Waals surface area contributed by atoms with Gasteiger partial charge in [0.1, 0.15) is 6.54 Å². The van der Waals surface area contributed by atoms with Crippen LogP contribution in [0.3, 0.4) is 0 Å². The number of benzene rings is 3. The quantitative estimate of drug-likeness (QED) is 0.633. The minimum Gasteiger partial charge on any atom is -0.325 e. The predicted molar refractivity (Wildman–Crippen MR) is 122 cm³/mol. The number of imide groups is 1. The summed E-state index contributed by atoms with van der Waals surface area (Å²) in [5, 5.41) is 7.64. The number of nitrogens with one attached hydrogen (secondary N) is 1. The van der Waals surface area contributed by atoms with Crippen molar-refractivity contribution in [2.45, 2.75) is 6.92 Å². The monoisotopic (exact) mass is 438 g/mol. The van der Waals surface area contributed by atoms with E-state index in [-0.39, 0.29) is 29.3 Å². The molecular weight excluding hydrogens is 420 g/mol. The van der Waals surface area contributed by atoms with Gasteiger partial charge in [0, 0.05) is 11.3 Å². The van der Waals surface area contributed by atoms with Crippen molar-refractivity contribution in [2.24, 2.45) is 5.10 Å². The number of hydrogen-bond acceptors (Lipinski definition) is 5. The van der Waals surface area contributed by atoms with E-state index in [0.717, 1.165) is 5.56 Å². The zero-order chi connectivity index (χ0) is 23.1. The number of anilines is 2. The third-order valence-electron chi connectivity index (χ3n) is 5.51. The van der Waals surface area contributed by atoms with Gasteiger partial charge in [0.15, 0.2) is 5.71 Å². The molecule has 5 rings (SSSR count). The van der Waals surface area contributed by atoms with Crippen molar-refractivity contribution in [3.8, 4) is 0 Å². The normalized spacial score (nSPS) is 15.8. The molecule has 4 amide bonds. The molecule has 0 unspecified atom stereocenters. The number of carbonyl (C=O) groups is 4. The van der Waals surface area contributed by atoms with Crippen LogP contribution in [0.5, 0.6) is 0 Å². The Bertz CT molecular complexity index is 1330. The number of rotatable bonds is 4. The number of amides is 4. The SMILES string of the molecule is Cc1ccc(NC(=O)CN2C(=O)/C(=N\N3C(=O)c4ccccc4C3=O)c3ccccc32)cc1. The molecule has 33 heavy (non-hydrogen) atoms. The van der Waals surface area contributed by atoms with Crippen LogP contribution in [0.1, 0.15) is 31.8 Å². The van der Waals surface area contributed by atoms with Crippen LogP contribution in [0.15, 0.2) is 77.9 Å². The lowest BCUT2D eigenvalue weighted by molar-refractivity contribution is -0.118. The molecule has 0 atom stereocenters. The van der Waals surface area contributed by atoms with E-state index in [9.17, 15) is 19.2 Å². The number of para-hydroxylation sites is 1. The van der Waals surface area contributed by atoms with E-state index in [4.69, 9.17) is 0 Å². The molecular formula is C25H18N4O4. The fourth-order valence-corrected chi connectivity index (χ4v) is 3.86. The fourth-order valence-electron chi connectivity index (χ4n) is 3.86. The van der Waals surface area contributed by atoms with Gasteiger partial charge in [-0.25, -0.2) is 0 Å². The first-order valence-corrected chi connectivity index (χ1v) is 10.3. The van der Waals surface area contributed by atoms with Crippen LogP contribution in [0.4, 0.5) is 11.4 Å². The van der Waals surface area contributed by atoms with Crippen LogP contribution in [0.25, 0.3) is 0 Å².